The molecule has 1 N–H and O–H groups in total. The number of nitrogens with one attached hydrogen (secondary N) is 1. The van der Waals surface area contributed by atoms with Crippen LogP contribution >= 0.6 is 11.3 Å². The van der Waals surface area contributed by atoms with E-state index in [2.05, 4.69) is 27.1 Å². The van der Waals surface area contributed by atoms with Gasteiger partial charge in [-0.2, -0.15) is 0 Å². The predicted octanol–water partition coefficient (Wildman–Crippen LogP) is 5.35. The number of hydrogen-bond donors (Lipinski definition) is 1. The van der Waals surface area contributed by atoms with Crippen LogP contribution in [0, 0.1) is 5.82 Å². The monoisotopic (exact) mass is 410 g/mol. The van der Waals surface area contributed by atoms with Crippen molar-refractivity contribution in [2.24, 2.45) is 0 Å². The molecule has 5 rings (SSSR count). The summed E-state index contributed by atoms with van der Waals surface area (Å²) in [5.41, 5.74) is 2.54. The zero-order chi connectivity index (χ0) is 19.8. The molecule has 4 nitrogen and oxygen atoms in total. The molecule has 152 valence electrons. The van der Waals surface area contributed by atoms with E-state index in [0.717, 1.165) is 48.6 Å². The van der Waals surface area contributed by atoms with Crippen molar-refractivity contribution in [1.29, 1.82) is 0 Å². The lowest BCUT2D eigenvalue weighted by atomic mass is 9.96. The number of fused-ring (bicyclic) bond motifs is 3. The quantitative estimate of drug-likeness (QED) is 0.630. The van der Waals surface area contributed by atoms with Crippen LogP contribution in [0.3, 0.4) is 0 Å². The molecule has 1 aliphatic heterocycles. The maximum Gasteiger partial charge on any atom is 0.138 e. The van der Waals surface area contributed by atoms with E-state index in [9.17, 15) is 4.39 Å². The number of hydrogen-bond acceptors (Lipinski definition) is 5. The summed E-state index contributed by atoms with van der Waals surface area (Å²) >= 11 is 1.85. The van der Waals surface area contributed by atoms with Gasteiger partial charge >= 0.3 is 0 Å². The minimum atomic E-state index is -0.155. The smallest absolute Gasteiger partial charge is 0.138 e. The Morgan fingerprint density at radius 2 is 2.00 bits per heavy atom. The first-order chi connectivity index (χ1) is 14.2. The second-order valence-electron chi connectivity index (χ2n) is 8.30. The molecule has 0 amide bonds. The van der Waals surface area contributed by atoms with E-state index in [-0.39, 0.29) is 11.9 Å². The van der Waals surface area contributed by atoms with E-state index < -0.39 is 0 Å². The fourth-order valence-electron chi connectivity index (χ4n) is 4.80. The van der Waals surface area contributed by atoms with Gasteiger partial charge in [-0.15, -0.1) is 11.3 Å². The molecule has 3 aromatic rings. The number of likely N-dealkylation sites (tertiary alicyclic amines) is 1. The van der Waals surface area contributed by atoms with Crippen molar-refractivity contribution in [3.05, 3.63) is 52.4 Å². The highest BCUT2D eigenvalue weighted by Crippen LogP contribution is 2.38. The van der Waals surface area contributed by atoms with Crippen LogP contribution in [0.5, 0.6) is 0 Å². The maximum atomic E-state index is 13.6. The number of rotatable bonds is 4. The van der Waals surface area contributed by atoms with Gasteiger partial charge in [0.25, 0.3) is 0 Å². The third-order valence-electron chi connectivity index (χ3n) is 6.50. The normalized spacial score (nSPS) is 19.2. The minimum absolute atomic E-state index is 0.155. The van der Waals surface area contributed by atoms with Crippen LogP contribution in [0.2, 0.25) is 0 Å². The van der Waals surface area contributed by atoms with Gasteiger partial charge in [0.1, 0.15) is 22.8 Å². The summed E-state index contributed by atoms with van der Waals surface area (Å²) in [5, 5.41) is 5.00. The molecule has 0 spiro atoms. The van der Waals surface area contributed by atoms with Crippen LogP contribution in [-0.4, -0.2) is 34.0 Å². The predicted molar refractivity (Wildman–Crippen MR) is 117 cm³/mol. The molecule has 1 aromatic carbocycles. The number of halogens is 1. The van der Waals surface area contributed by atoms with Crippen molar-refractivity contribution >= 4 is 27.4 Å². The lowest BCUT2D eigenvalue weighted by Gasteiger charge is -2.36. The number of thiophene rings is 1. The molecule has 0 radical (unpaired) electrons. The van der Waals surface area contributed by atoms with E-state index >= 15 is 0 Å². The van der Waals surface area contributed by atoms with Gasteiger partial charge in [-0.05, 0) is 68.7 Å². The van der Waals surface area contributed by atoms with Gasteiger partial charge in [-0.1, -0.05) is 12.1 Å². The van der Waals surface area contributed by atoms with Crippen LogP contribution in [0.15, 0.2) is 30.6 Å². The van der Waals surface area contributed by atoms with E-state index in [1.165, 1.54) is 41.2 Å². The average molecular weight is 411 g/mol. The van der Waals surface area contributed by atoms with Crippen molar-refractivity contribution in [1.82, 2.24) is 14.9 Å². The third kappa shape index (κ3) is 3.76. The summed E-state index contributed by atoms with van der Waals surface area (Å²) in [6.45, 7) is 4.19. The number of benzene rings is 1. The molecule has 1 unspecified atom stereocenters. The molecule has 0 saturated carbocycles. The molecule has 3 heterocycles. The van der Waals surface area contributed by atoms with Gasteiger partial charge in [-0.25, -0.2) is 14.4 Å². The summed E-state index contributed by atoms with van der Waals surface area (Å²) in [5.74, 6) is 0.865. The molecule has 0 bridgehead atoms. The Hall–Kier alpha value is -2.05. The molecular formula is C23H27FN4S. The summed E-state index contributed by atoms with van der Waals surface area (Å²) in [4.78, 5) is 14.3. The number of anilines is 1. The van der Waals surface area contributed by atoms with E-state index in [1.54, 1.807) is 18.5 Å². The lowest BCUT2D eigenvalue weighted by molar-refractivity contribution is 0.167. The van der Waals surface area contributed by atoms with Gasteiger partial charge in [0.15, 0.2) is 0 Å². The van der Waals surface area contributed by atoms with E-state index in [0.29, 0.717) is 6.04 Å². The standard InChI is InChI=1S/C23H27FN4S/c1-15(16-5-4-6-17(24)13-16)28-11-9-18(10-12-28)27-22-21-19-7-2-3-8-20(19)29-23(21)26-14-25-22/h4-6,13-15,18H,2-3,7-12H2,1H3,(H,25,26,27). The van der Waals surface area contributed by atoms with E-state index in [4.69, 9.17) is 0 Å². The molecule has 6 heteroatoms. The Balaban J connectivity index is 1.28. The second-order valence-corrected chi connectivity index (χ2v) is 9.38. The number of piperidine rings is 1. The molecule has 1 atom stereocenters. The van der Waals surface area contributed by atoms with Gasteiger partial charge in [-0.3, -0.25) is 4.90 Å². The Morgan fingerprint density at radius 3 is 2.83 bits per heavy atom. The maximum absolute atomic E-state index is 13.6. The first-order valence-electron chi connectivity index (χ1n) is 10.7. The SMILES string of the molecule is CC(c1cccc(F)c1)N1CCC(Nc2ncnc3sc4c(c23)CCCC4)CC1. The topological polar surface area (TPSA) is 41.0 Å². The Labute approximate surface area is 175 Å². The van der Waals surface area contributed by atoms with Gasteiger partial charge < -0.3 is 5.32 Å². The van der Waals surface area contributed by atoms with Crippen molar-refractivity contribution in [3.8, 4) is 0 Å². The molecule has 1 fully saturated rings. The van der Waals surface area contributed by atoms with Crippen molar-refractivity contribution in [3.63, 3.8) is 0 Å². The molecule has 2 aliphatic rings. The number of aryl methyl sites for hydroxylation is 2. The average Bonchev–Trinajstić information content (AvgIpc) is 3.13. The summed E-state index contributed by atoms with van der Waals surface area (Å²) < 4.78 is 13.6. The van der Waals surface area contributed by atoms with Gasteiger partial charge in [0.05, 0.1) is 5.39 Å². The molecule has 1 saturated heterocycles. The van der Waals surface area contributed by atoms with Crippen LogP contribution in [0.25, 0.3) is 10.2 Å². The summed E-state index contributed by atoms with van der Waals surface area (Å²) in [6.07, 6.45) is 8.73. The van der Waals surface area contributed by atoms with Crippen molar-refractivity contribution in [2.45, 2.75) is 57.5 Å². The Bertz CT molecular complexity index is 1010. The minimum Gasteiger partial charge on any atom is -0.367 e. The van der Waals surface area contributed by atoms with Gasteiger partial charge in [0, 0.05) is 30.1 Å². The zero-order valence-electron chi connectivity index (χ0n) is 16.8. The van der Waals surface area contributed by atoms with Crippen LogP contribution in [0.4, 0.5) is 10.2 Å². The molecule has 2 aromatic heterocycles. The Kier molecular flexibility index (Phi) is 5.22. The molecular weight excluding hydrogens is 383 g/mol. The summed E-state index contributed by atoms with van der Waals surface area (Å²) in [7, 11) is 0. The third-order valence-corrected chi connectivity index (χ3v) is 7.70. The number of nitrogens with zero attached hydrogens (tertiary/aromatic N) is 3. The first kappa shape index (κ1) is 18.9. The van der Waals surface area contributed by atoms with Crippen LogP contribution in [0.1, 0.15) is 54.7 Å². The van der Waals surface area contributed by atoms with Crippen molar-refractivity contribution in [2.75, 3.05) is 18.4 Å². The van der Waals surface area contributed by atoms with Gasteiger partial charge in [0.2, 0.25) is 0 Å². The summed E-state index contributed by atoms with van der Waals surface area (Å²) in [6, 6.07) is 7.65. The van der Waals surface area contributed by atoms with E-state index in [1.807, 2.05) is 17.4 Å². The van der Waals surface area contributed by atoms with Crippen LogP contribution in [-0.2, 0) is 12.8 Å². The van der Waals surface area contributed by atoms with Crippen molar-refractivity contribution < 1.29 is 4.39 Å². The fourth-order valence-corrected chi connectivity index (χ4v) is 6.03. The highest BCUT2D eigenvalue weighted by atomic mass is 32.1. The lowest BCUT2D eigenvalue weighted by Crippen LogP contribution is -2.40. The van der Waals surface area contributed by atoms with Crippen LogP contribution < -0.4 is 5.32 Å². The fraction of sp³-hybridized carbons (Fsp3) is 0.478. The largest absolute Gasteiger partial charge is 0.367 e. The molecule has 1 aliphatic carbocycles. The zero-order valence-corrected chi connectivity index (χ0v) is 17.6. The number of aromatic nitrogens is 2. The highest BCUT2D eigenvalue weighted by Gasteiger charge is 2.26. The first-order valence-corrected chi connectivity index (χ1v) is 11.5. The Morgan fingerprint density at radius 1 is 1.17 bits per heavy atom. The highest BCUT2D eigenvalue weighted by molar-refractivity contribution is 7.19. The second kappa shape index (κ2) is 8.00. The molecule has 29 heavy (non-hydrogen) atoms.